The molecule has 0 aliphatic rings. The number of rotatable bonds is 2. The minimum atomic E-state index is -6.16. The van der Waals surface area contributed by atoms with Gasteiger partial charge in [0.05, 0.1) is 11.1 Å². The van der Waals surface area contributed by atoms with Gasteiger partial charge in [0, 0.05) is 5.69 Å². The molecule has 0 bridgehead atoms. The molecule has 0 heterocycles. The summed E-state index contributed by atoms with van der Waals surface area (Å²) in [4.78, 5) is 0. The van der Waals surface area contributed by atoms with Crippen LogP contribution in [0.4, 0.5) is 45.2 Å². The lowest BCUT2D eigenvalue weighted by molar-refractivity contribution is -0.143. The SMILES string of the molecule is O=S(=O)(Nc1cc(C(F)(F)F)cc(C(F)(F)F)c1)C(F)(F)F. The van der Waals surface area contributed by atoms with Crippen molar-refractivity contribution in [2.75, 3.05) is 4.72 Å². The highest BCUT2D eigenvalue weighted by Crippen LogP contribution is 2.38. The maximum absolute atomic E-state index is 12.4. The van der Waals surface area contributed by atoms with Crippen LogP contribution < -0.4 is 4.72 Å². The third kappa shape index (κ3) is 4.18. The topological polar surface area (TPSA) is 46.2 Å². The van der Waals surface area contributed by atoms with Crippen molar-refractivity contribution in [3.05, 3.63) is 29.3 Å². The summed E-state index contributed by atoms with van der Waals surface area (Å²) in [5, 5.41) is 0. The number of nitrogens with one attached hydrogen (secondary N) is 1. The molecule has 0 unspecified atom stereocenters. The van der Waals surface area contributed by atoms with E-state index in [1.54, 1.807) is 0 Å². The molecule has 1 aromatic rings. The average Bonchev–Trinajstić information content (AvgIpc) is 2.23. The Kier molecular flexibility index (Phi) is 4.35. The normalized spacial score (nSPS) is 14.0. The Morgan fingerprint density at radius 1 is 0.727 bits per heavy atom. The van der Waals surface area contributed by atoms with Crippen LogP contribution in [0.1, 0.15) is 11.1 Å². The molecule has 1 aromatic carbocycles. The van der Waals surface area contributed by atoms with Gasteiger partial charge in [-0.3, -0.25) is 4.72 Å². The first-order chi connectivity index (χ1) is 9.54. The van der Waals surface area contributed by atoms with E-state index in [1.165, 1.54) is 0 Å². The number of halogens is 9. The van der Waals surface area contributed by atoms with Gasteiger partial charge in [-0.2, -0.15) is 47.9 Å². The summed E-state index contributed by atoms with van der Waals surface area (Å²) >= 11 is 0. The summed E-state index contributed by atoms with van der Waals surface area (Å²) in [5.74, 6) is 0. The van der Waals surface area contributed by atoms with Gasteiger partial charge in [-0.05, 0) is 18.2 Å². The van der Waals surface area contributed by atoms with Crippen LogP contribution in [0.5, 0.6) is 0 Å². The summed E-state index contributed by atoms with van der Waals surface area (Å²) in [6, 6.07) is -0.720. The van der Waals surface area contributed by atoms with Gasteiger partial charge in [-0.25, -0.2) is 0 Å². The van der Waals surface area contributed by atoms with Crippen LogP contribution >= 0.6 is 0 Å². The summed E-state index contributed by atoms with van der Waals surface area (Å²) in [6.07, 6.45) is -10.6. The molecule has 13 heteroatoms. The van der Waals surface area contributed by atoms with E-state index >= 15 is 0 Å². The first kappa shape index (κ1) is 18.4. The van der Waals surface area contributed by atoms with Crippen LogP contribution in [0, 0.1) is 0 Å². The van der Waals surface area contributed by atoms with Gasteiger partial charge in [-0.1, -0.05) is 0 Å². The lowest BCUT2D eigenvalue weighted by atomic mass is 10.1. The second-order valence-corrected chi connectivity index (χ2v) is 5.52. The monoisotopic (exact) mass is 361 g/mol. The van der Waals surface area contributed by atoms with Crippen molar-refractivity contribution in [3.63, 3.8) is 0 Å². The molecule has 0 aromatic heterocycles. The summed E-state index contributed by atoms with van der Waals surface area (Å²) < 4.78 is 133. The Morgan fingerprint density at radius 3 is 1.36 bits per heavy atom. The van der Waals surface area contributed by atoms with E-state index in [4.69, 9.17) is 0 Å². The van der Waals surface area contributed by atoms with Crippen LogP contribution in [0.3, 0.4) is 0 Å². The Bertz CT molecular complexity index is 625. The minimum absolute atomic E-state index is 0.182. The Balaban J connectivity index is 3.44. The maximum Gasteiger partial charge on any atom is 0.516 e. The van der Waals surface area contributed by atoms with E-state index in [0.717, 1.165) is 0 Å². The van der Waals surface area contributed by atoms with Crippen molar-refractivity contribution in [1.29, 1.82) is 0 Å². The first-order valence-electron chi connectivity index (χ1n) is 4.92. The first-order valence-corrected chi connectivity index (χ1v) is 6.41. The molecule has 0 saturated heterocycles. The van der Waals surface area contributed by atoms with Crippen molar-refractivity contribution in [1.82, 2.24) is 0 Å². The Labute approximate surface area is 116 Å². The van der Waals surface area contributed by atoms with Crippen LogP contribution in [0.15, 0.2) is 18.2 Å². The molecule has 0 aliphatic carbocycles. The van der Waals surface area contributed by atoms with Gasteiger partial charge in [0.15, 0.2) is 0 Å². The third-order valence-corrected chi connectivity index (χ3v) is 3.26. The molecule has 1 N–H and O–H groups in total. The molecular weight excluding hydrogens is 357 g/mol. The molecule has 0 radical (unpaired) electrons. The number of anilines is 1. The minimum Gasteiger partial charge on any atom is -0.276 e. The molecule has 22 heavy (non-hydrogen) atoms. The molecule has 0 spiro atoms. The van der Waals surface area contributed by atoms with Crippen molar-refractivity contribution >= 4 is 15.7 Å². The fourth-order valence-electron chi connectivity index (χ4n) is 1.23. The summed E-state index contributed by atoms with van der Waals surface area (Å²) in [5.41, 5.74) is -11.3. The lowest BCUT2D eigenvalue weighted by Crippen LogP contribution is -2.30. The zero-order chi connectivity index (χ0) is 17.6. The zero-order valence-electron chi connectivity index (χ0n) is 9.86. The van der Waals surface area contributed by atoms with Gasteiger partial charge in [0.1, 0.15) is 0 Å². The summed E-state index contributed by atoms with van der Waals surface area (Å²) in [7, 11) is -6.16. The Morgan fingerprint density at radius 2 is 1.09 bits per heavy atom. The molecule has 126 valence electrons. The predicted molar refractivity (Wildman–Crippen MR) is 55.0 cm³/mol. The summed E-state index contributed by atoms with van der Waals surface area (Å²) in [6.45, 7) is 0. The van der Waals surface area contributed by atoms with Crippen LogP contribution in [-0.4, -0.2) is 13.9 Å². The van der Waals surface area contributed by atoms with E-state index in [9.17, 15) is 47.9 Å². The van der Waals surface area contributed by atoms with Crippen molar-refractivity contribution in [2.24, 2.45) is 0 Å². The fourth-order valence-corrected chi connectivity index (χ4v) is 1.77. The standard InChI is InChI=1S/C9H4F9NO2S/c10-7(11,12)4-1-5(8(13,14)15)3-6(2-4)19-22(20,21)9(16,17)18/h1-3,19H. The largest absolute Gasteiger partial charge is 0.516 e. The molecule has 0 amide bonds. The van der Waals surface area contributed by atoms with Gasteiger partial charge in [0.25, 0.3) is 0 Å². The smallest absolute Gasteiger partial charge is 0.276 e. The van der Waals surface area contributed by atoms with E-state index < -0.39 is 44.7 Å². The van der Waals surface area contributed by atoms with Crippen LogP contribution in [0.2, 0.25) is 0 Å². The van der Waals surface area contributed by atoms with Gasteiger partial charge in [-0.15, -0.1) is 0 Å². The molecule has 0 aliphatic heterocycles. The third-order valence-electron chi connectivity index (χ3n) is 2.14. The molecule has 1 rings (SSSR count). The van der Waals surface area contributed by atoms with E-state index in [0.29, 0.717) is 4.72 Å². The number of hydrogen-bond acceptors (Lipinski definition) is 2. The quantitative estimate of drug-likeness (QED) is 0.810. The molecule has 0 saturated carbocycles. The average molecular weight is 361 g/mol. The highest BCUT2D eigenvalue weighted by atomic mass is 32.2. The zero-order valence-corrected chi connectivity index (χ0v) is 10.7. The van der Waals surface area contributed by atoms with Gasteiger partial charge >= 0.3 is 27.9 Å². The molecule has 3 nitrogen and oxygen atoms in total. The maximum atomic E-state index is 12.4. The lowest BCUT2D eigenvalue weighted by Gasteiger charge is -2.16. The number of hydrogen-bond donors (Lipinski definition) is 1. The molecular formula is C9H4F9NO2S. The number of alkyl halides is 9. The highest BCUT2D eigenvalue weighted by molar-refractivity contribution is 7.93. The van der Waals surface area contributed by atoms with Crippen molar-refractivity contribution in [3.8, 4) is 0 Å². The molecule has 0 fully saturated rings. The predicted octanol–water partition coefficient (Wildman–Crippen LogP) is 3.99. The second kappa shape index (κ2) is 5.21. The van der Waals surface area contributed by atoms with Crippen LogP contribution in [-0.2, 0) is 22.4 Å². The Hall–Kier alpha value is -1.66. The van der Waals surface area contributed by atoms with Gasteiger partial charge in [0.2, 0.25) is 0 Å². The fraction of sp³-hybridized carbons (Fsp3) is 0.333. The van der Waals surface area contributed by atoms with Crippen molar-refractivity contribution < 1.29 is 47.9 Å². The number of benzene rings is 1. The van der Waals surface area contributed by atoms with E-state index in [-0.39, 0.29) is 18.2 Å². The van der Waals surface area contributed by atoms with Gasteiger partial charge < -0.3 is 0 Å². The van der Waals surface area contributed by atoms with E-state index in [1.807, 2.05) is 0 Å². The number of sulfonamides is 1. The van der Waals surface area contributed by atoms with Crippen LogP contribution in [0.25, 0.3) is 0 Å². The highest BCUT2D eigenvalue weighted by Gasteiger charge is 2.46. The van der Waals surface area contributed by atoms with Crippen molar-refractivity contribution in [2.45, 2.75) is 17.9 Å². The second-order valence-electron chi connectivity index (χ2n) is 3.85. The molecule has 0 atom stereocenters. The van der Waals surface area contributed by atoms with E-state index in [2.05, 4.69) is 0 Å².